The van der Waals surface area contributed by atoms with E-state index in [2.05, 4.69) is 5.32 Å². The number of hydrogen-bond acceptors (Lipinski definition) is 12. The lowest BCUT2D eigenvalue weighted by Gasteiger charge is -2.31. The van der Waals surface area contributed by atoms with Gasteiger partial charge in [0, 0.05) is 60.0 Å². The number of imide groups is 1. The zero-order valence-corrected chi connectivity index (χ0v) is 36.7. The van der Waals surface area contributed by atoms with E-state index in [1.165, 1.54) is 4.90 Å². The van der Waals surface area contributed by atoms with Gasteiger partial charge in [0.1, 0.15) is 6.10 Å². The minimum atomic E-state index is -0.353. The molecular formula is C41H78N2O12. The number of ether oxygens (including phenoxy) is 9. The molecule has 1 saturated heterocycles. The molecule has 2 atom stereocenters. The summed E-state index contributed by atoms with van der Waals surface area (Å²) in [4.78, 5) is 38.7. The fraction of sp³-hybridized carbons (Fsp3) is 0.927. The fourth-order valence-corrected chi connectivity index (χ4v) is 5.10. The SMILES string of the molecule is COC(C)(C)COC(C)(C)CCOCCOCC(COCCCNC(=O)CCN1C(=O)CC(C(C)(C)C)C1=O)OCCOCCC(C)(C)OCC(C)(C)OC. The van der Waals surface area contributed by atoms with Gasteiger partial charge in [-0.15, -0.1) is 0 Å². The lowest BCUT2D eigenvalue weighted by atomic mass is 9.80. The van der Waals surface area contributed by atoms with Crippen LogP contribution in [0.1, 0.15) is 108 Å². The van der Waals surface area contributed by atoms with Crippen LogP contribution in [-0.2, 0) is 57.0 Å². The quantitative estimate of drug-likeness (QED) is 0.0724. The van der Waals surface area contributed by atoms with Crippen LogP contribution in [0.3, 0.4) is 0 Å². The second-order valence-electron chi connectivity index (χ2n) is 17.9. The van der Waals surface area contributed by atoms with E-state index >= 15 is 0 Å². The predicted molar refractivity (Wildman–Crippen MR) is 211 cm³/mol. The molecular weight excluding hydrogens is 712 g/mol. The predicted octanol–water partition coefficient (Wildman–Crippen LogP) is 4.98. The molecule has 2 unspecified atom stereocenters. The summed E-state index contributed by atoms with van der Waals surface area (Å²) in [6, 6.07) is 0. The van der Waals surface area contributed by atoms with E-state index in [0.717, 1.165) is 12.8 Å². The average Bonchev–Trinajstić information content (AvgIpc) is 3.40. The van der Waals surface area contributed by atoms with E-state index in [1.54, 1.807) is 14.2 Å². The summed E-state index contributed by atoms with van der Waals surface area (Å²) in [5.74, 6) is -0.964. The van der Waals surface area contributed by atoms with E-state index in [-0.39, 0.29) is 76.9 Å². The molecule has 14 heteroatoms. The van der Waals surface area contributed by atoms with Crippen LogP contribution in [0.15, 0.2) is 0 Å². The van der Waals surface area contributed by atoms with Gasteiger partial charge in [-0.2, -0.15) is 0 Å². The Bertz CT molecular complexity index is 1110. The third-order valence-electron chi connectivity index (χ3n) is 9.62. The molecule has 0 bridgehead atoms. The molecule has 0 saturated carbocycles. The van der Waals surface area contributed by atoms with Crippen molar-refractivity contribution >= 4 is 17.7 Å². The summed E-state index contributed by atoms with van der Waals surface area (Å²) in [5, 5.41) is 2.85. The van der Waals surface area contributed by atoms with Gasteiger partial charge in [0.15, 0.2) is 0 Å². The molecule has 55 heavy (non-hydrogen) atoms. The van der Waals surface area contributed by atoms with E-state index in [1.807, 2.05) is 76.2 Å². The fourth-order valence-electron chi connectivity index (χ4n) is 5.10. The van der Waals surface area contributed by atoms with E-state index in [0.29, 0.717) is 85.6 Å². The summed E-state index contributed by atoms with van der Waals surface area (Å²) in [5.41, 5.74) is -1.69. The Morgan fingerprint density at radius 3 is 1.67 bits per heavy atom. The second kappa shape index (κ2) is 24.9. The molecule has 0 aliphatic carbocycles. The van der Waals surface area contributed by atoms with Crippen LogP contribution in [0.5, 0.6) is 0 Å². The van der Waals surface area contributed by atoms with Crippen LogP contribution < -0.4 is 5.32 Å². The Morgan fingerprint density at radius 1 is 0.691 bits per heavy atom. The molecule has 0 spiro atoms. The molecule has 0 aromatic carbocycles. The standard InChI is InChI=1S/C41H78N2O12/c1-37(2,3)33-27-35(45)43(36(33)46)19-15-34(44)42-18-14-20-51-28-32(53-26-25-50-22-17-39(6,7)55-31-41(10,11)48-13)29-52-24-23-49-21-16-38(4,5)54-30-40(8,9)47-12/h32-33H,14-31H2,1-13H3,(H,42,44). The minimum absolute atomic E-state index is 0.0724. The van der Waals surface area contributed by atoms with Crippen molar-refractivity contribution in [1.82, 2.24) is 10.2 Å². The Morgan fingerprint density at radius 2 is 1.18 bits per heavy atom. The number of carbonyl (C=O) groups is 3. The number of rotatable bonds is 32. The highest BCUT2D eigenvalue weighted by Gasteiger charge is 2.44. The highest BCUT2D eigenvalue weighted by Crippen LogP contribution is 2.35. The first-order valence-electron chi connectivity index (χ1n) is 19.9. The van der Waals surface area contributed by atoms with Crippen LogP contribution in [0.2, 0.25) is 0 Å². The van der Waals surface area contributed by atoms with Gasteiger partial charge in [-0.25, -0.2) is 0 Å². The van der Waals surface area contributed by atoms with Crippen LogP contribution >= 0.6 is 0 Å². The Balaban J connectivity index is 2.43. The van der Waals surface area contributed by atoms with E-state index in [9.17, 15) is 14.4 Å². The summed E-state index contributed by atoms with van der Waals surface area (Å²) in [6.45, 7) is 27.2. The van der Waals surface area contributed by atoms with Crippen LogP contribution in [0.25, 0.3) is 0 Å². The van der Waals surface area contributed by atoms with Gasteiger partial charge in [-0.3, -0.25) is 19.3 Å². The zero-order chi connectivity index (χ0) is 41.8. The number of amides is 3. The average molecular weight is 791 g/mol. The maximum Gasteiger partial charge on any atom is 0.233 e. The normalized spacial score (nSPS) is 16.7. The first kappa shape index (κ1) is 51.3. The highest BCUT2D eigenvalue weighted by molar-refractivity contribution is 6.04. The van der Waals surface area contributed by atoms with Crippen molar-refractivity contribution in [2.24, 2.45) is 11.3 Å². The minimum Gasteiger partial charge on any atom is -0.379 e. The van der Waals surface area contributed by atoms with Crippen LogP contribution in [-0.4, -0.2) is 151 Å². The van der Waals surface area contributed by atoms with E-state index in [4.69, 9.17) is 42.6 Å². The van der Waals surface area contributed by atoms with Crippen molar-refractivity contribution < 1.29 is 57.0 Å². The summed E-state index contributed by atoms with van der Waals surface area (Å²) in [6.07, 6.45) is 1.99. The first-order valence-corrected chi connectivity index (χ1v) is 19.9. The molecule has 0 aromatic heterocycles. The lowest BCUT2D eigenvalue weighted by Crippen LogP contribution is -2.37. The van der Waals surface area contributed by atoms with Crippen molar-refractivity contribution in [3.63, 3.8) is 0 Å². The summed E-state index contributed by atoms with van der Waals surface area (Å²) >= 11 is 0. The first-order chi connectivity index (χ1) is 25.5. The molecule has 0 aromatic rings. The number of nitrogens with one attached hydrogen (secondary N) is 1. The van der Waals surface area contributed by atoms with Crippen LogP contribution in [0.4, 0.5) is 0 Å². The maximum absolute atomic E-state index is 12.7. The van der Waals surface area contributed by atoms with Gasteiger partial charge in [-0.05, 0) is 80.1 Å². The third kappa shape index (κ3) is 23.3. The van der Waals surface area contributed by atoms with Gasteiger partial charge in [0.05, 0.1) is 81.2 Å². The van der Waals surface area contributed by atoms with Gasteiger partial charge in [-0.1, -0.05) is 20.8 Å². The molecule has 324 valence electrons. The van der Waals surface area contributed by atoms with Crippen molar-refractivity contribution in [3.8, 4) is 0 Å². The Labute approximate surface area is 332 Å². The smallest absolute Gasteiger partial charge is 0.233 e. The number of likely N-dealkylation sites (tertiary alicyclic amines) is 1. The van der Waals surface area contributed by atoms with Crippen molar-refractivity contribution in [2.75, 3.05) is 100.0 Å². The number of nitrogens with zero attached hydrogens (tertiary/aromatic N) is 1. The molecule has 3 amide bonds. The van der Waals surface area contributed by atoms with Crippen molar-refractivity contribution in [1.29, 1.82) is 0 Å². The van der Waals surface area contributed by atoms with Crippen molar-refractivity contribution in [2.45, 2.75) is 137 Å². The van der Waals surface area contributed by atoms with Crippen molar-refractivity contribution in [3.05, 3.63) is 0 Å². The molecule has 1 rings (SSSR count). The number of carbonyl (C=O) groups excluding carboxylic acids is 3. The maximum atomic E-state index is 12.7. The molecule has 14 nitrogen and oxygen atoms in total. The zero-order valence-electron chi connectivity index (χ0n) is 36.7. The lowest BCUT2D eigenvalue weighted by molar-refractivity contribution is -0.140. The van der Waals surface area contributed by atoms with Gasteiger partial charge in [0.2, 0.25) is 17.7 Å². The summed E-state index contributed by atoms with van der Waals surface area (Å²) < 4.78 is 52.5. The van der Waals surface area contributed by atoms with Crippen LogP contribution in [0, 0.1) is 11.3 Å². The molecule has 1 N–H and O–H groups in total. The van der Waals surface area contributed by atoms with Gasteiger partial charge >= 0.3 is 0 Å². The number of methoxy groups -OCH3 is 2. The Hall–Kier alpha value is -1.75. The van der Waals surface area contributed by atoms with Gasteiger partial charge < -0.3 is 47.9 Å². The topological polar surface area (TPSA) is 150 Å². The Kier molecular flexibility index (Phi) is 23.2. The summed E-state index contributed by atoms with van der Waals surface area (Å²) in [7, 11) is 3.36. The highest BCUT2D eigenvalue weighted by atomic mass is 16.6. The number of hydrogen-bond donors (Lipinski definition) is 1. The molecule has 1 heterocycles. The molecule has 0 radical (unpaired) electrons. The largest absolute Gasteiger partial charge is 0.379 e. The van der Waals surface area contributed by atoms with E-state index < -0.39 is 0 Å². The molecule has 1 aliphatic rings. The third-order valence-corrected chi connectivity index (χ3v) is 9.62. The molecule has 1 aliphatic heterocycles. The monoisotopic (exact) mass is 791 g/mol. The second-order valence-corrected chi connectivity index (χ2v) is 17.9. The molecule has 1 fully saturated rings. The van der Waals surface area contributed by atoms with Gasteiger partial charge in [0.25, 0.3) is 0 Å².